The van der Waals surface area contributed by atoms with E-state index in [0.29, 0.717) is 25.6 Å². The van der Waals surface area contributed by atoms with Crippen molar-refractivity contribution in [3.63, 3.8) is 0 Å². The Morgan fingerprint density at radius 3 is 2.62 bits per heavy atom. The summed E-state index contributed by atoms with van der Waals surface area (Å²) in [5, 5.41) is 0. The van der Waals surface area contributed by atoms with Gasteiger partial charge in [0.05, 0.1) is 0 Å². The summed E-state index contributed by atoms with van der Waals surface area (Å²) in [5.74, 6) is 0.740. The number of carbonyl (C=O) groups excluding carboxylic acids is 1. The zero-order valence-corrected chi connectivity index (χ0v) is 10.9. The fourth-order valence-corrected chi connectivity index (χ4v) is 1.32. The van der Waals surface area contributed by atoms with Gasteiger partial charge in [0.15, 0.2) is 0 Å². The van der Waals surface area contributed by atoms with Crippen molar-refractivity contribution in [2.75, 3.05) is 33.4 Å². The third-order valence-electron chi connectivity index (χ3n) is 2.42. The van der Waals surface area contributed by atoms with Crippen LogP contribution in [0.25, 0.3) is 0 Å². The first-order chi connectivity index (χ1) is 7.57. The van der Waals surface area contributed by atoms with E-state index >= 15 is 0 Å². The SMILES string of the molecule is CC(C)CCCOCC(=O)N(C)CCCN. The number of likely N-dealkylation sites (N-methyl/N-ethyl adjacent to an activating group) is 1. The third kappa shape index (κ3) is 8.68. The second kappa shape index (κ2) is 9.60. The van der Waals surface area contributed by atoms with Crippen LogP contribution in [0.5, 0.6) is 0 Å². The maximum atomic E-state index is 11.5. The van der Waals surface area contributed by atoms with Gasteiger partial charge in [0, 0.05) is 20.2 Å². The summed E-state index contributed by atoms with van der Waals surface area (Å²) in [6, 6.07) is 0. The molecule has 0 aromatic rings. The Bertz CT molecular complexity index is 184. The normalized spacial score (nSPS) is 10.8. The van der Waals surface area contributed by atoms with Crippen molar-refractivity contribution in [3.8, 4) is 0 Å². The monoisotopic (exact) mass is 230 g/mol. The van der Waals surface area contributed by atoms with Crippen LogP contribution in [0.3, 0.4) is 0 Å². The molecule has 0 saturated carbocycles. The van der Waals surface area contributed by atoms with Crippen LogP contribution in [0.1, 0.15) is 33.1 Å². The van der Waals surface area contributed by atoms with Gasteiger partial charge in [0.25, 0.3) is 0 Å². The molecule has 96 valence electrons. The van der Waals surface area contributed by atoms with E-state index in [1.165, 1.54) is 0 Å². The van der Waals surface area contributed by atoms with Crippen molar-refractivity contribution in [3.05, 3.63) is 0 Å². The molecule has 1 amide bonds. The molecule has 0 atom stereocenters. The molecular formula is C12H26N2O2. The first kappa shape index (κ1) is 15.4. The Kier molecular flexibility index (Phi) is 9.24. The van der Waals surface area contributed by atoms with E-state index in [0.717, 1.165) is 19.3 Å². The number of rotatable bonds is 9. The van der Waals surface area contributed by atoms with Crippen LogP contribution in [0, 0.1) is 5.92 Å². The molecule has 0 fully saturated rings. The summed E-state index contributed by atoms with van der Waals surface area (Å²) in [5.41, 5.74) is 5.38. The zero-order valence-electron chi connectivity index (χ0n) is 10.9. The van der Waals surface area contributed by atoms with E-state index in [2.05, 4.69) is 13.8 Å². The lowest BCUT2D eigenvalue weighted by atomic mass is 10.1. The molecule has 0 radical (unpaired) electrons. The predicted octanol–water partition coefficient (Wildman–Crippen LogP) is 1.25. The fourth-order valence-electron chi connectivity index (χ4n) is 1.32. The predicted molar refractivity (Wildman–Crippen MR) is 66.2 cm³/mol. The fraction of sp³-hybridized carbons (Fsp3) is 0.917. The quantitative estimate of drug-likeness (QED) is 0.606. The van der Waals surface area contributed by atoms with E-state index in [-0.39, 0.29) is 12.5 Å². The minimum Gasteiger partial charge on any atom is -0.372 e. The molecule has 4 nitrogen and oxygen atoms in total. The number of nitrogens with two attached hydrogens (primary N) is 1. The standard InChI is InChI=1S/C12H26N2O2/c1-11(2)6-4-9-16-10-12(15)14(3)8-5-7-13/h11H,4-10,13H2,1-3H3. The molecule has 2 N–H and O–H groups in total. The van der Waals surface area contributed by atoms with Gasteiger partial charge in [-0.3, -0.25) is 4.79 Å². The van der Waals surface area contributed by atoms with Crippen molar-refractivity contribution in [2.24, 2.45) is 11.7 Å². The highest BCUT2D eigenvalue weighted by Gasteiger charge is 2.07. The first-order valence-corrected chi connectivity index (χ1v) is 6.09. The maximum absolute atomic E-state index is 11.5. The second-order valence-electron chi connectivity index (χ2n) is 4.55. The smallest absolute Gasteiger partial charge is 0.248 e. The second-order valence-corrected chi connectivity index (χ2v) is 4.55. The molecule has 0 aromatic heterocycles. The van der Waals surface area contributed by atoms with Crippen LogP contribution < -0.4 is 5.73 Å². The lowest BCUT2D eigenvalue weighted by Crippen LogP contribution is -2.32. The minimum atomic E-state index is 0.0398. The van der Waals surface area contributed by atoms with Gasteiger partial charge < -0.3 is 15.4 Å². The van der Waals surface area contributed by atoms with Gasteiger partial charge in [-0.15, -0.1) is 0 Å². The molecule has 4 heteroatoms. The highest BCUT2D eigenvalue weighted by atomic mass is 16.5. The van der Waals surface area contributed by atoms with Crippen molar-refractivity contribution >= 4 is 5.91 Å². The highest BCUT2D eigenvalue weighted by Crippen LogP contribution is 2.03. The Balaban J connectivity index is 3.42. The summed E-state index contributed by atoms with van der Waals surface area (Å²) in [4.78, 5) is 13.2. The average Bonchev–Trinajstić information content (AvgIpc) is 2.24. The van der Waals surface area contributed by atoms with Crippen LogP contribution in [-0.2, 0) is 9.53 Å². The molecule has 16 heavy (non-hydrogen) atoms. The molecule has 0 aliphatic heterocycles. The maximum Gasteiger partial charge on any atom is 0.248 e. The molecule has 0 saturated heterocycles. The molecule has 0 heterocycles. The molecular weight excluding hydrogens is 204 g/mol. The summed E-state index contributed by atoms with van der Waals surface area (Å²) in [6.07, 6.45) is 3.02. The van der Waals surface area contributed by atoms with E-state index in [4.69, 9.17) is 10.5 Å². The van der Waals surface area contributed by atoms with Gasteiger partial charge in [-0.1, -0.05) is 13.8 Å². The van der Waals surface area contributed by atoms with Gasteiger partial charge >= 0.3 is 0 Å². The van der Waals surface area contributed by atoms with E-state index in [1.54, 1.807) is 11.9 Å². The Morgan fingerprint density at radius 1 is 1.38 bits per heavy atom. The summed E-state index contributed by atoms with van der Waals surface area (Å²) >= 11 is 0. The van der Waals surface area contributed by atoms with Crippen molar-refractivity contribution in [1.82, 2.24) is 4.90 Å². The molecule has 0 aromatic carbocycles. The number of amides is 1. The lowest BCUT2D eigenvalue weighted by Gasteiger charge is -2.16. The average molecular weight is 230 g/mol. The number of ether oxygens (including phenoxy) is 1. The third-order valence-corrected chi connectivity index (χ3v) is 2.42. The van der Waals surface area contributed by atoms with E-state index < -0.39 is 0 Å². The van der Waals surface area contributed by atoms with Crippen LogP contribution in [0.4, 0.5) is 0 Å². The van der Waals surface area contributed by atoms with E-state index in [1.807, 2.05) is 0 Å². The number of carbonyl (C=O) groups is 1. The highest BCUT2D eigenvalue weighted by molar-refractivity contribution is 5.77. The van der Waals surface area contributed by atoms with Crippen LogP contribution in [-0.4, -0.2) is 44.2 Å². The number of hydrogen-bond acceptors (Lipinski definition) is 3. The van der Waals surface area contributed by atoms with Gasteiger partial charge in [-0.25, -0.2) is 0 Å². The minimum absolute atomic E-state index is 0.0398. The Morgan fingerprint density at radius 2 is 2.06 bits per heavy atom. The number of hydrogen-bond donors (Lipinski definition) is 1. The van der Waals surface area contributed by atoms with Gasteiger partial charge in [-0.2, -0.15) is 0 Å². The molecule has 0 aliphatic carbocycles. The lowest BCUT2D eigenvalue weighted by molar-refractivity contribution is -0.134. The largest absolute Gasteiger partial charge is 0.372 e. The molecule has 0 spiro atoms. The molecule has 0 aliphatic rings. The molecule has 0 rings (SSSR count). The molecule has 0 bridgehead atoms. The van der Waals surface area contributed by atoms with Gasteiger partial charge in [-0.05, 0) is 31.7 Å². The summed E-state index contributed by atoms with van der Waals surface area (Å²) in [6.45, 7) is 6.57. The summed E-state index contributed by atoms with van der Waals surface area (Å²) in [7, 11) is 1.79. The number of nitrogens with zero attached hydrogens (tertiary/aromatic N) is 1. The topological polar surface area (TPSA) is 55.6 Å². The van der Waals surface area contributed by atoms with Gasteiger partial charge in [0.2, 0.25) is 5.91 Å². The molecule has 0 unspecified atom stereocenters. The first-order valence-electron chi connectivity index (χ1n) is 6.09. The van der Waals surface area contributed by atoms with Crippen LogP contribution >= 0.6 is 0 Å². The van der Waals surface area contributed by atoms with Crippen LogP contribution in [0.2, 0.25) is 0 Å². The van der Waals surface area contributed by atoms with Crippen LogP contribution in [0.15, 0.2) is 0 Å². The van der Waals surface area contributed by atoms with Crippen molar-refractivity contribution in [2.45, 2.75) is 33.1 Å². The van der Waals surface area contributed by atoms with E-state index in [9.17, 15) is 4.79 Å². The zero-order chi connectivity index (χ0) is 12.4. The van der Waals surface area contributed by atoms with Crippen molar-refractivity contribution in [1.29, 1.82) is 0 Å². The Hall–Kier alpha value is -0.610. The summed E-state index contributed by atoms with van der Waals surface area (Å²) < 4.78 is 5.32. The van der Waals surface area contributed by atoms with Crippen molar-refractivity contribution < 1.29 is 9.53 Å². The Labute approximate surface area is 99.1 Å². The van der Waals surface area contributed by atoms with Gasteiger partial charge in [0.1, 0.15) is 6.61 Å².